The molecule has 118 valence electrons. The number of ether oxygens (including phenoxy) is 1. The Morgan fingerprint density at radius 1 is 1.38 bits per heavy atom. The van der Waals surface area contributed by atoms with Crippen LogP contribution in [0.15, 0.2) is 15.8 Å². The first-order valence-corrected chi connectivity index (χ1v) is 5.49. The number of aliphatic hydroxyl groups is 3. The third kappa shape index (κ3) is 2.84. The molecule has 1 aliphatic heterocycles. The van der Waals surface area contributed by atoms with E-state index in [2.05, 4.69) is 0 Å². The number of rotatable bonds is 3. The molecule has 0 bridgehead atoms. The Labute approximate surface area is 115 Å². The second kappa shape index (κ2) is 6.11. The molecular weight excluding hydrogens is 294 g/mol. The number of hydrogen-bond acceptors (Lipinski definition) is 8. The predicted molar refractivity (Wildman–Crippen MR) is 64.6 cm³/mol. The molecule has 4 atom stereocenters. The van der Waals surface area contributed by atoms with Gasteiger partial charge >= 0.3 is 16.9 Å². The summed E-state index contributed by atoms with van der Waals surface area (Å²) in [5.74, 6) is 0. The van der Waals surface area contributed by atoms with Crippen LogP contribution in [-0.4, -0.2) is 60.2 Å². The van der Waals surface area contributed by atoms with Crippen LogP contribution in [-0.2, 0) is 4.74 Å². The minimum atomic E-state index is -1.59. The summed E-state index contributed by atoms with van der Waals surface area (Å²) in [4.78, 5) is 34.2. The largest absolute Gasteiger partial charge is 0.412 e. The molecular formula is C9H13N3O9. The van der Waals surface area contributed by atoms with Crippen molar-refractivity contribution >= 4 is 5.69 Å². The van der Waals surface area contributed by atoms with E-state index in [1.54, 1.807) is 4.98 Å². The normalized spacial score (nSPS) is 28.1. The van der Waals surface area contributed by atoms with Crippen molar-refractivity contribution in [2.24, 2.45) is 0 Å². The molecule has 6 N–H and O–H groups in total. The van der Waals surface area contributed by atoms with Crippen LogP contribution in [0.2, 0.25) is 0 Å². The Kier molecular flexibility index (Phi) is 4.93. The van der Waals surface area contributed by atoms with Gasteiger partial charge in [0, 0.05) is 0 Å². The van der Waals surface area contributed by atoms with Gasteiger partial charge in [-0.3, -0.25) is 24.5 Å². The van der Waals surface area contributed by atoms with Gasteiger partial charge in [-0.25, -0.2) is 4.79 Å². The fourth-order valence-corrected chi connectivity index (χ4v) is 1.90. The first kappa shape index (κ1) is 16.9. The lowest BCUT2D eigenvalue weighted by molar-refractivity contribution is -0.387. The van der Waals surface area contributed by atoms with Gasteiger partial charge in [-0.1, -0.05) is 0 Å². The van der Waals surface area contributed by atoms with Gasteiger partial charge in [0.15, 0.2) is 6.23 Å². The quantitative estimate of drug-likeness (QED) is 0.322. The zero-order chi connectivity index (χ0) is 15.0. The molecule has 2 heterocycles. The van der Waals surface area contributed by atoms with Crippen LogP contribution in [0.25, 0.3) is 0 Å². The molecule has 0 saturated carbocycles. The SMILES string of the molecule is O.O=c1[nH]c(=O)n(C2OC(CO)C(O)C2O)cc1[N+](=O)[O-]. The fourth-order valence-electron chi connectivity index (χ4n) is 1.90. The molecule has 1 fully saturated rings. The highest BCUT2D eigenvalue weighted by molar-refractivity contribution is 5.21. The molecule has 12 nitrogen and oxygen atoms in total. The summed E-state index contributed by atoms with van der Waals surface area (Å²) in [6.07, 6.45) is -5.04. The summed E-state index contributed by atoms with van der Waals surface area (Å²) in [5.41, 5.74) is -3.15. The van der Waals surface area contributed by atoms with E-state index in [0.717, 1.165) is 0 Å². The van der Waals surface area contributed by atoms with Gasteiger partial charge in [0.25, 0.3) is 0 Å². The third-order valence-electron chi connectivity index (χ3n) is 2.94. The molecule has 1 aromatic rings. The van der Waals surface area contributed by atoms with Crippen molar-refractivity contribution in [3.63, 3.8) is 0 Å². The van der Waals surface area contributed by atoms with Gasteiger partial charge in [-0.2, -0.15) is 0 Å². The molecule has 0 aliphatic carbocycles. The van der Waals surface area contributed by atoms with Crippen LogP contribution in [0.4, 0.5) is 5.69 Å². The Hall–Kier alpha value is -2.12. The average molecular weight is 307 g/mol. The molecule has 1 aromatic heterocycles. The lowest BCUT2D eigenvalue weighted by Gasteiger charge is -2.16. The van der Waals surface area contributed by atoms with Crippen molar-refractivity contribution in [1.29, 1.82) is 0 Å². The molecule has 0 amide bonds. The van der Waals surface area contributed by atoms with Gasteiger partial charge in [0.05, 0.1) is 17.7 Å². The van der Waals surface area contributed by atoms with Crippen LogP contribution in [0.5, 0.6) is 0 Å². The molecule has 4 unspecified atom stereocenters. The number of aromatic amines is 1. The molecule has 2 rings (SSSR count). The highest BCUT2D eigenvalue weighted by Gasteiger charge is 2.44. The minimum absolute atomic E-state index is 0. The van der Waals surface area contributed by atoms with Gasteiger partial charge in [-0.05, 0) is 0 Å². The van der Waals surface area contributed by atoms with E-state index in [9.17, 15) is 29.9 Å². The minimum Gasteiger partial charge on any atom is -0.412 e. The van der Waals surface area contributed by atoms with Crippen molar-refractivity contribution in [2.45, 2.75) is 24.5 Å². The topological polar surface area (TPSA) is 199 Å². The highest BCUT2D eigenvalue weighted by Crippen LogP contribution is 2.28. The predicted octanol–water partition coefficient (Wildman–Crippen LogP) is -3.77. The number of hydrogen-bond donors (Lipinski definition) is 4. The number of H-pyrrole nitrogens is 1. The van der Waals surface area contributed by atoms with Crippen molar-refractivity contribution in [3.8, 4) is 0 Å². The maximum Gasteiger partial charge on any atom is 0.350 e. The number of aliphatic hydroxyl groups excluding tert-OH is 3. The van der Waals surface area contributed by atoms with Crippen molar-refractivity contribution in [3.05, 3.63) is 37.1 Å². The van der Waals surface area contributed by atoms with Gasteiger partial charge in [0.2, 0.25) is 0 Å². The molecule has 0 spiro atoms. The molecule has 0 radical (unpaired) electrons. The second-order valence-electron chi connectivity index (χ2n) is 4.17. The van der Waals surface area contributed by atoms with E-state index < -0.39 is 53.0 Å². The van der Waals surface area contributed by atoms with Crippen molar-refractivity contribution in [2.75, 3.05) is 6.61 Å². The molecule has 12 heteroatoms. The van der Waals surface area contributed by atoms with E-state index >= 15 is 0 Å². The Morgan fingerprint density at radius 2 is 2.00 bits per heavy atom. The van der Waals surface area contributed by atoms with Crippen LogP contribution >= 0.6 is 0 Å². The number of nitrogens with one attached hydrogen (secondary N) is 1. The Morgan fingerprint density at radius 3 is 2.48 bits per heavy atom. The second-order valence-corrected chi connectivity index (χ2v) is 4.17. The first-order valence-electron chi connectivity index (χ1n) is 5.49. The van der Waals surface area contributed by atoms with E-state index in [1.807, 2.05) is 0 Å². The fraction of sp³-hybridized carbons (Fsp3) is 0.556. The average Bonchev–Trinajstić information content (AvgIpc) is 2.66. The molecule has 1 aliphatic rings. The van der Waals surface area contributed by atoms with Crippen molar-refractivity contribution in [1.82, 2.24) is 9.55 Å². The summed E-state index contributed by atoms with van der Waals surface area (Å²) in [6.45, 7) is -0.616. The first-order chi connectivity index (χ1) is 9.36. The van der Waals surface area contributed by atoms with E-state index in [0.29, 0.717) is 10.8 Å². The zero-order valence-corrected chi connectivity index (χ0v) is 10.4. The van der Waals surface area contributed by atoms with E-state index in [-0.39, 0.29) is 5.48 Å². The van der Waals surface area contributed by atoms with Crippen molar-refractivity contribution < 1.29 is 30.5 Å². The molecule has 1 saturated heterocycles. The Bertz CT molecular complexity index is 638. The summed E-state index contributed by atoms with van der Waals surface area (Å²) >= 11 is 0. The van der Waals surface area contributed by atoms with Crippen LogP contribution in [0.1, 0.15) is 6.23 Å². The maximum atomic E-state index is 11.6. The van der Waals surface area contributed by atoms with Gasteiger partial charge in [0.1, 0.15) is 18.3 Å². The lowest BCUT2D eigenvalue weighted by atomic mass is 10.1. The van der Waals surface area contributed by atoms with Gasteiger partial charge in [-0.15, -0.1) is 0 Å². The smallest absolute Gasteiger partial charge is 0.350 e. The summed E-state index contributed by atoms with van der Waals surface area (Å²) in [7, 11) is 0. The van der Waals surface area contributed by atoms with Gasteiger partial charge < -0.3 is 25.5 Å². The molecule has 0 aromatic carbocycles. The zero-order valence-electron chi connectivity index (χ0n) is 10.4. The third-order valence-corrected chi connectivity index (χ3v) is 2.94. The summed E-state index contributed by atoms with van der Waals surface area (Å²) in [6, 6.07) is 0. The monoisotopic (exact) mass is 307 g/mol. The maximum absolute atomic E-state index is 11.6. The highest BCUT2D eigenvalue weighted by atomic mass is 16.6. The Balaban J connectivity index is 0.00000220. The number of nitrogens with zero attached hydrogens (tertiary/aromatic N) is 2. The standard InChI is InChI=1S/C9H11N3O8.H2O/c13-2-4-5(14)6(15)8(20-4)11-1-3(12(18)19)7(16)10-9(11)17;/h1,4-6,8,13-15H,2H2,(H,10,16,17);1H2. The summed E-state index contributed by atoms with van der Waals surface area (Å²) < 4.78 is 5.63. The van der Waals surface area contributed by atoms with Crippen LogP contribution in [0.3, 0.4) is 0 Å². The molecule has 21 heavy (non-hydrogen) atoms. The van der Waals surface area contributed by atoms with Crippen LogP contribution in [0, 0.1) is 10.1 Å². The number of nitro groups is 1. The lowest BCUT2D eigenvalue weighted by Crippen LogP contribution is -2.38. The summed E-state index contributed by atoms with van der Waals surface area (Å²) in [5, 5.41) is 38.9. The number of aromatic nitrogens is 2. The van der Waals surface area contributed by atoms with Crippen LogP contribution < -0.4 is 11.2 Å². The van der Waals surface area contributed by atoms with E-state index in [1.165, 1.54) is 0 Å². The van der Waals surface area contributed by atoms with E-state index in [4.69, 9.17) is 9.84 Å².